The molecule has 3 rings (SSSR count). The Kier molecular flexibility index (Phi) is 4.23. The minimum absolute atomic E-state index is 0.223. The monoisotopic (exact) mass is 304 g/mol. The lowest BCUT2D eigenvalue weighted by molar-refractivity contribution is 0.00578. The van der Waals surface area contributed by atoms with Crippen LogP contribution in [0.1, 0.15) is 40.5 Å². The fourth-order valence-electron chi connectivity index (χ4n) is 2.70. The molecule has 2 aliphatic rings. The number of benzene rings is 1. The molecule has 5 heteroatoms. The summed E-state index contributed by atoms with van der Waals surface area (Å²) in [5.74, 6) is 0.836. The average molecular weight is 304 g/mol. The van der Waals surface area contributed by atoms with E-state index in [1.165, 1.54) is 0 Å². The second-order valence-corrected chi connectivity index (χ2v) is 7.11. The standard InChI is InChI=1S/C17H25BO4/c1-16(2)17(3,4)22-18(21-16)13-7-5-8-14(11-13)20-12-15-9-6-10-19-15/h5,7-8,11,15H,6,9-10,12H2,1-4H3/t15-/m0/s1. The van der Waals surface area contributed by atoms with E-state index in [0.29, 0.717) is 6.61 Å². The van der Waals surface area contributed by atoms with E-state index in [1.54, 1.807) is 0 Å². The third kappa shape index (κ3) is 3.17. The van der Waals surface area contributed by atoms with Crippen molar-refractivity contribution in [1.29, 1.82) is 0 Å². The minimum Gasteiger partial charge on any atom is -0.491 e. The SMILES string of the molecule is CC1(C)OB(c2cccc(OC[C@@H]3CCCO3)c2)OC1(C)C. The number of hydrogen-bond donors (Lipinski definition) is 0. The van der Waals surface area contributed by atoms with Crippen LogP contribution in [0.15, 0.2) is 24.3 Å². The maximum Gasteiger partial charge on any atom is 0.494 e. The smallest absolute Gasteiger partial charge is 0.491 e. The van der Waals surface area contributed by atoms with Gasteiger partial charge in [0.25, 0.3) is 0 Å². The lowest BCUT2D eigenvalue weighted by Crippen LogP contribution is -2.41. The highest BCUT2D eigenvalue weighted by Crippen LogP contribution is 2.36. The molecule has 0 amide bonds. The summed E-state index contributed by atoms with van der Waals surface area (Å²) in [5, 5.41) is 0. The Morgan fingerprint density at radius 1 is 1.18 bits per heavy atom. The molecule has 0 radical (unpaired) electrons. The molecular weight excluding hydrogens is 279 g/mol. The first-order valence-corrected chi connectivity index (χ1v) is 8.07. The molecule has 0 aromatic heterocycles. The molecule has 2 aliphatic heterocycles. The number of hydrogen-bond acceptors (Lipinski definition) is 4. The first kappa shape index (κ1) is 15.8. The second-order valence-electron chi connectivity index (χ2n) is 7.11. The number of ether oxygens (including phenoxy) is 2. The Hall–Kier alpha value is -1.04. The van der Waals surface area contributed by atoms with Crippen molar-refractivity contribution in [3.63, 3.8) is 0 Å². The Bertz CT molecular complexity index is 507. The summed E-state index contributed by atoms with van der Waals surface area (Å²) in [4.78, 5) is 0. The molecule has 2 heterocycles. The van der Waals surface area contributed by atoms with Gasteiger partial charge in [-0.3, -0.25) is 0 Å². The van der Waals surface area contributed by atoms with Gasteiger partial charge in [-0.2, -0.15) is 0 Å². The van der Waals surface area contributed by atoms with E-state index in [0.717, 1.165) is 30.7 Å². The third-order valence-corrected chi connectivity index (χ3v) is 4.84. The highest BCUT2D eigenvalue weighted by Gasteiger charge is 2.51. The first-order chi connectivity index (χ1) is 10.4. The van der Waals surface area contributed by atoms with E-state index in [2.05, 4.69) is 27.7 Å². The van der Waals surface area contributed by atoms with E-state index in [4.69, 9.17) is 18.8 Å². The Morgan fingerprint density at radius 2 is 1.91 bits per heavy atom. The van der Waals surface area contributed by atoms with E-state index in [-0.39, 0.29) is 24.4 Å². The van der Waals surface area contributed by atoms with Gasteiger partial charge in [0, 0.05) is 6.61 Å². The third-order valence-electron chi connectivity index (χ3n) is 4.84. The van der Waals surface area contributed by atoms with Crippen LogP contribution in [-0.4, -0.2) is 37.6 Å². The molecule has 2 saturated heterocycles. The van der Waals surface area contributed by atoms with Gasteiger partial charge in [0.15, 0.2) is 0 Å². The average Bonchev–Trinajstić information content (AvgIpc) is 3.04. The zero-order valence-electron chi connectivity index (χ0n) is 13.9. The van der Waals surface area contributed by atoms with Crippen LogP contribution < -0.4 is 10.2 Å². The van der Waals surface area contributed by atoms with E-state index >= 15 is 0 Å². The molecule has 0 spiro atoms. The summed E-state index contributed by atoms with van der Waals surface area (Å²) in [7, 11) is -0.351. The molecule has 1 aromatic rings. The van der Waals surface area contributed by atoms with Crippen molar-refractivity contribution < 1.29 is 18.8 Å². The van der Waals surface area contributed by atoms with Gasteiger partial charge >= 0.3 is 7.12 Å². The van der Waals surface area contributed by atoms with E-state index in [1.807, 2.05) is 24.3 Å². The van der Waals surface area contributed by atoms with Crippen LogP contribution in [0.2, 0.25) is 0 Å². The second kappa shape index (κ2) is 5.87. The van der Waals surface area contributed by atoms with Crippen molar-refractivity contribution in [2.45, 2.75) is 57.8 Å². The largest absolute Gasteiger partial charge is 0.494 e. The predicted molar refractivity (Wildman–Crippen MR) is 86.6 cm³/mol. The van der Waals surface area contributed by atoms with Crippen LogP contribution in [0.5, 0.6) is 5.75 Å². The summed E-state index contributed by atoms with van der Waals surface area (Å²) in [5.41, 5.74) is 0.335. The van der Waals surface area contributed by atoms with Crippen molar-refractivity contribution in [3.05, 3.63) is 24.3 Å². The summed E-state index contributed by atoms with van der Waals surface area (Å²) in [6.07, 6.45) is 2.43. The molecule has 0 N–H and O–H groups in total. The summed E-state index contributed by atoms with van der Waals surface area (Å²) >= 11 is 0. The van der Waals surface area contributed by atoms with Gasteiger partial charge in [-0.25, -0.2) is 0 Å². The van der Waals surface area contributed by atoms with Gasteiger partial charge in [0.2, 0.25) is 0 Å². The molecule has 2 fully saturated rings. The van der Waals surface area contributed by atoms with Crippen molar-refractivity contribution in [2.75, 3.05) is 13.2 Å². The van der Waals surface area contributed by atoms with Crippen LogP contribution >= 0.6 is 0 Å². The topological polar surface area (TPSA) is 36.9 Å². The van der Waals surface area contributed by atoms with Crippen molar-refractivity contribution >= 4 is 12.6 Å². The van der Waals surface area contributed by atoms with Gasteiger partial charge in [-0.1, -0.05) is 12.1 Å². The van der Waals surface area contributed by atoms with Crippen LogP contribution in [0.3, 0.4) is 0 Å². The lowest BCUT2D eigenvalue weighted by atomic mass is 9.79. The highest BCUT2D eigenvalue weighted by atomic mass is 16.7. The summed E-state index contributed by atoms with van der Waals surface area (Å²) < 4.78 is 23.6. The Morgan fingerprint density at radius 3 is 2.55 bits per heavy atom. The summed E-state index contributed by atoms with van der Waals surface area (Å²) in [6, 6.07) is 7.95. The lowest BCUT2D eigenvalue weighted by Gasteiger charge is -2.32. The Labute approximate surface area is 133 Å². The quantitative estimate of drug-likeness (QED) is 0.801. The first-order valence-electron chi connectivity index (χ1n) is 8.07. The van der Waals surface area contributed by atoms with Gasteiger partial charge in [0.05, 0.1) is 17.3 Å². The fourth-order valence-corrected chi connectivity index (χ4v) is 2.70. The van der Waals surface area contributed by atoms with Crippen molar-refractivity contribution in [1.82, 2.24) is 0 Å². The van der Waals surface area contributed by atoms with Crippen LogP contribution in [-0.2, 0) is 14.0 Å². The van der Waals surface area contributed by atoms with Crippen molar-refractivity contribution in [2.24, 2.45) is 0 Å². The molecule has 0 saturated carbocycles. The van der Waals surface area contributed by atoms with Gasteiger partial charge in [0.1, 0.15) is 12.4 Å². The summed E-state index contributed by atoms with van der Waals surface area (Å²) in [6.45, 7) is 9.69. The zero-order valence-corrected chi connectivity index (χ0v) is 13.9. The molecule has 0 aliphatic carbocycles. The van der Waals surface area contributed by atoms with Crippen LogP contribution in [0.4, 0.5) is 0 Å². The molecule has 1 aromatic carbocycles. The van der Waals surface area contributed by atoms with Crippen molar-refractivity contribution in [3.8, 4) is 5.75 Å². The van der Waals surface area contributed by atoms with Gasteiger partial charge in [-0.05, 0) is 58.1 Å². The minimum atomic E-state index is -0.351. The van der Waals surface area contributed by atoms with Gasteiger partial charge in [-0.15, -0.1) is 0 Å². The Balaban J connectivity index is 1.66. The maximum absolute atomic E-state index is 6.08. The molecule has 0 bridgehead atoms. The van der Waals surface area contributed by atoms with Crippen LogP contribution in [0.25, 0.3) is 0 Å². The number of rotatable bonds is 4. The molecule has 1 atom stereocenters. The molecular formula is C17H25BO4. The highest BCUT2D eigenvalue weighted by molar-refractivity contribution is 6.62. The normalized spacial score (nSPS) is 26.4. The van der Waals surface area contributed by atoms with E-state index in [9.17, 15) is 0 Å². The maximum atomic E-state index is 6.08. The van der Waals surface area contributed by atoms with Gasteiger partial charge < -0.3 is 18.8 Å². The molecule has 0 unspecified atom stereocenters. The zero-order chi connectivity index (χ0) is 15.8. The predicted octanol–water partition coefficient (Wildman–Crippen LogP) is 2.54. The molecule has 4 nitrogen and oxygen atoms in total. The molecule has 120 valence electrons. The van der Waals surface area contributed by atoms with E-state index < -0.39 is 0 Å². The molecule has 22 heavy (non-hydrogen) atoms. The van der Waals surface area contributed by atoms with Crippen LogP contribution in [0, 0.1) is 0 Å². The fraction of sp³-hybridized carbons (Fsp3) is 0.647.